The summed E-state index contributed by atoms with van der Waals surface area (Å²) in [5, 5.41) is 15.2. The van der Waals surface area contributed by atoms with Crippen molar-refractivity contribution in [1.29, 1.82) is 0 Å². The topological polar surface area (TPSA) is 85.6 Å². The van der Waals surface area contributed by atoms with Crippen LogP contribution in [0.2, 0.25) is 0 Å². The molecule has 1 aromatic carbocycles. The van der Waals surface area contributed by atoms with Gasteiger partial charge in [-0.2, -0.15) is 0 Å². The molecule has 2 aromatic rings. The Morgan fingerprint density at radius 3 is 2.96 bits per heavy atom. The van der Waals surface area contributed by atoms with Gasteiger partial charge in [-0.05, 0) is 31.9 Å². The molecule has 0 fully saturated rings. The average Bonchev–Trinajstić information content (AvgIpc) is 3.29. The lowest BCUT2D eigenvalue weighted by Gasteiger charge is -2.13. The number of benzene rings is 1. The Hall–Kier alpha value is -2.61. The lowest BCUT2D eigenvalue weighted by molar-refractivity contribution is 0.145. The van der Waals surface area contributed by atoms with E-state index in [1.165, 1.54) is 0 Å². The van der Waals surface area contributed by atoms with Gasteiger partial charge in [-0.3, -0.25) is 0 Å². The molecular formula is C20H30N6O2. The molecule has 0 bridgehead atoms. The molecule has 1 aliphatic heterocycles. The molecule has 8 heteroatoms. The maximum atomic E-state index is 5.86. The first-order valence-corrected chi connectivity index (χ1v) is 9.85. The molecule has 0 saturated heterocycles. The highest BCUT2D eigenvalue weighted by Crippen LogP contribution is 2.21. The first-order chi connectivity index (χ1) is 13.7. The maximum absolute atomic E-state index is 5.86. The maximum Gasteiger partial charge on any atom is 0.191 e. The Bertz CT molecular complexity index is 802. The van der Waals surface area contributed by atoms with Gasteiger partial charge in [0.1, 0.15) is 18.2 Å². The Kier molecular flexibility index (Phi) is 7.25. The van der Waals surface area contributed by atoms with E-state index in [2.05, 4.69) is 51.4 Å². The van der Waals surface area contributed by atoms with Gasteiger partial charge in [-0.1, -0.05) is 12.1 Å². The van der Waals surface area contributed by atoms with E-state index in [4.69, 9.17) is 14.5 Å². The van der Waals surface area contributed by atoms with E-state index in [-0.39, 0.29) is 0 Å². The predicted molar refractivity (Wildman–Crippen MR) is 109 cm³/mol. The average molecular weight is 387 g/mol. The Balaban J connectivity index is 1.65. The summed E-state index contributed by atoms with van der Waals surface area (Å²) in [5.41, 5.74) is 2.20. The van der Waals surface area contributed by atoms with E-state index in [0.717, 1.165) is 60.4 Å². The molecule has 8 nitrogen and oxygen atoms in total. The van der Waals surface area contributed by atoms with Gasteiger partial charge in [-0.25, -0.2) is 4.99 Å². The second kappa shape index (κ2) is 10.1. The first-order valence-electron chi connectivity index (χ1n) is 9.85. The van der Waals surface area contributed by atoms with E-state index < -0.39 is 0 Å². The second-order valence-corrected chi connectivity index (χ2v) is 6.79. The fourth-order valence-corrected chi connectivity index (χ4v) is 3.17. The fourth-order valence-electron chi connectivity index (χ4n) is 3.17. The van der Waals surface area contributed by atoms with Crippen LogP contribution in [0.1, 0.15) is 36.1 Å². The van der Waals surface area contributed by atoms with Crippen LogP contribution in [0.4, 0.5) is 0 Å². The molecule has 0 saturated carbocycles. The van der Waals surface area contributed by atoms with Gasteiger partial charge >= 0.3 is 0 Å². The SMILES string of the molecule is CCNC(=NCc1ccc(C)cc1OCCOC)NCc1nnc2n1CCC2. The minimum absolute atomic E-state index is 0.521. The highest BCUT2D eigenvalue weighted by atomic mass is 16.5. The summed E-state index contributed by atoms with van der Waals surface area (Å²) in [7, 11) is 1.67. The van der Waals surface area contributed by atoms with Crippen molar-refractivity contribution in [3.05, 3.63) is 41.0 Å². The number of aryl methyl sites for hydroxylation is 2. The molecule has 0 atom stereocenters. The van der Waals surface area contributed by atoms with Crippen molar-refractivity contribution in [2.45, 2.75) is 46.3 Å². The van der Waals surface area contributed by atoms with Gasteiger partial charge in [-0.15, -0.1) is 10.2 Å². The number of nitrogens with zero attached hydrogens (tertiary/aromatic N) is 4. The molecule has 3 rings (SSSR count). The van der Waals surface area contributed by atoms with E-state index in [1.807, 2.05) is 6.07 Å². The van der Waals surface area contributed by atoms with Gasteiger partial charge in [0, 0.05) is 32.2 Å². The number of fused-ring (bicyclic) bond motifs is 1. The third-order valence-corrected chi connectivity index (χ3v) is 4.62. The standard InChI is InChI=1S/C20H30N6O2/c1-4-21-20(23-14-19-25-24-18-6-5-9-26(18)19)22-13-16-8-7-15(2)12-17(16)28-11-10-27-3/h7-8,12H,4-6,9-11,13-14H2,1-3H3,(H2,21,22,23). The van der Waals surface area contributed by atoms with Crippen LogP contribution in [0, 0.1) is 6.92 Å². The van der Waals surface area contributed by atoms with Crippen LogP contribution in [0.3, 0.4) is 0 Å². The van der Waals surface area contributed by atoms with Crippen LogP contribution in [0.5, 0.6) is 5.75 Å². The Labute approximate surface area is 166 Å². The molecule has 152 valence electrons. The quantitative estimate of drug-likeness (QED) is 0.388. The fraction of sp³-hybridized carbons (Fsp3) is 0.550. The molecule has 2 heterocycles. The number of guanidine groups is 1. The van der Waals surface area contributed by atoms with E-state index in [0.29, 0.717) is 26.3 Å². The second-order valence-electron chi connectivity index (χ2n) is 6.79. The summed E-state index contributed by atoms with van der Waals surface area (Å²) in [6, 6.07) is 6.18. The van der Waals surface area contributed by atoms with Crippen molar-refractivity contribution in [3.8, 4) is 5.75 Å². The van der Waals surface area contributed by atoms with Crippen molar-refractivity contribution in [2.24, 2.45) is 4.99 Å². The summed E-state index contributed by atoms with van der Waals surface area (Å²) in [6.07, 6.45) is 2.16. The number of hydrogen-bond acceptors (Lipinski definition) is 5. The molecule has 1 aliphatic rings. The predicted octanol–water partition coefficient (Wildman–Crippen LogP) is 1.81. The number of nitrogens with one attached hydrogen (secondary N) is 2. The van der Waals surface area contributed by atoms with E-state index in [1.54, 1.807) is 7.11 Å². The molecule has 0 spiro atoms. The molecule has 0 aliphatic carbocycles. The number of aliphatic imine (C=N–C) groups is 1. The molecule has 0 unspecified atom stereocenters. The van der Waals surface area contributed by atoms with Crippen LogP contribution in [-0.2, 0) is 30.8 Å². The molecule has 2 N–H and O–H groups in total. The van der Waals surface area contributed by atoms with Crippen molar-refractivity contribution in [1.82, 2.24) is 25.4 Å². The van der Waals surface area contributed by atoms with Gasteiger partial charge in [0.2, 0.25) is 0 Å². The number of hydrogen-bond donors (Lipinski definition) is 2. The summed E-state index contributed by atoms with van der Waals surface area (Å²) in [6.45, 7) is 8.10. The minimum atomic E-state index is 0.521. The molecule has 1 aromatic heterocycles. The van der Waals surface area contributed by atoms with E-state index in [9.17, 15) is 0 Å². The molecule has 0 amide bonds. The zero-order chi connectivity index (χ0) is 19.8. The highest BCUT2D eigenvalue weighted by Gasteiger charge is 2.17. The van der Waals surface area contributed by atoms with Gasteiger partial charge in [0.05, 0.1) is 19.7 Å². The largest absolute Gasteiger partial charge is 0.491 e. The van der Waals surface area contributed by atoms with Crippen LogP contribution in [0.15, 0.2) is 23.2 Å². The summed E-state index contributed by atoms with van der Waals surface area (Å²) in [4.78, 5) is 4.72. The number of ether oxygens (including phenoxy) is 2. The van der Waals surface area contributed by atoms with Crippen LogP contribution >= 0.6 is 0 Å². The van der Waals surface area contributed by atoms with E-state index >= 15 is 0 Å². The first kappa shape index (κ1) is 20.1. The number of rotatable bonds is 9. The number of aromatic nitrogens is 3. The normalized spacial score (nSPS) is 13.5. The lowest BCUT2D eigenvalue weighted by Crippen LogP contribution is -2.37. The Morgan fingerprint density at radius 1 is 1.25 bits per heavy atom. The smallest absolute Gasteiger partial charge is 0.191 e. The third kappa shape index (κ3) is 5.22. The zero-order valence-corrected chi connectivity index (χ0v) is 17.0. The van der Waals surface area contributed by atoms with Crippen LogP contribution < -0.4 is 15.4 Å². The van der Waals surface area contributed by atoms with Crippen molar-refractivity contribution < 1.29 is 9.47 Å². The molecular weight excluding hydrogens is 356 g/mol. The molecule has 0 radical (unpaired) electrons. The lowest BCUT2D eigenvalue weighted by atomic mass is 10.1. The van der Waals surface area contributed by atoms with Crippen molar-refractivity contribution >= 4 is 5.96 Å². The van der Waals surface area contributed by atoms with Crippen molar-refractivity contribution in [3.63, 3.8) is 0 Å². The zero-order valence-electron chi connectivity index (χ0n) is 17.0. The van der Waals surface area contributed by atoms with Gasteiger partial charge < -0.3 is 24.7 Å². The summed E-state index contributed by atoms with van der Waals surface area (Å²) in [5.74, 6) is 3.64. The van der Waals surface area contributed by atoms with Crippen LogP contribution in [0.25, 0.3) is 0 Å². The van der Waals surface area contributed by atoms with Gasteiger partial charge in [0.15, 0.2) is 11.8 Å². The monoisotopic (exact) mass is 386 g/mol. The number of methoxy groups -OCH3 is 1. The van der Waals surface area contributed by atoms with Crippen molar-refractivity contribution in [2.75, 3.05) is 26.9 Å². The summed E-state index contributed by atoms with van der Waals surface area (Å²) < 4.78 is 13.1. The Morgan fingerprint density at radius 2 is 2.14 bits per heavy atom. The minimum Gasteiger partial charge on any atom is -0.491 e. The van der Waals surface area contributed by atoms with Crippen LogP contribution in [-0.4, -0.2) is 47.6 Å². The van der Waals surface area contributed by atoms with Gasteiger partial charge in [0.25, 0.3) is 0 Å². The molecule has 28 heavy (non-hydrogen) atoms. The summed E-state index contributed by atoms with van der Waals surface area (Å²) >= 11 is 0. The third-order valence-electron chi connectivity index (χ3n) is 4.62. The highest BCUT2D eigenvalue weighted by molar-refractivity contribution is 5.79.